The Morgan fingerprint density at radius 3 is 2.38 bits per heavy atom. The number of nitrogens with zero attached hydrogens (tertiary/aromatic N) is 4. The van der Waals surface area contributed by atoms with Gasteiger partial charge in [-0.05, 0) is 41.1 Å². The van der Waals surface area contributed by atoms with Crippen LogP contribution in [0.4, 0.5) is 0 Å². The number of benzene rings is 2. The van der Waals surface area contributed by atoms with Crippen molar-refractivity contribution in [1.29, 1.82) is 0 Å². The lowest BCUT2D eigenvalue weighted by molar-refractivity contribution is -0.137. The lowest BCUT2D eigenvalue weighted by Gasteiger charge is -2.10. The third kappa shape index (κ3) is 4.54. The van der Waals surface area contributed by atoms with Gasteiger partial charge in [0.05, 0.1) is 0 Å². The molecular formula is C19H18N4O3. The molecule has 0 saturated heterocycles. The van der Waals surface area contributed by atoms with Gasteiger partial charge in [0.2, 0.25) is 0 Å². The molecule has 3 rings (SSSR count). The molecule has 2 aromatic carbocycles. The number of tetrazole rings is 1. The lowest BCUT2D eigenvalue weighted by Crippen LogP contribution is -2.18. The van der Waals surface area contributed by atoms with Gasteiger partial charge in [-0.15, -0.1) is 5.10 Å². The standard InChI is InChI=1S/C19H18N4O3/c1-15-20-21-22-23(15)18(14-16-8-4-2-5-9-16)19(24)26-13-12-25-17-10-6-3-7-11-17/h2-11,14H,12-13H2,1H3/b18-14+. The first-order valence-corrected chi connectivity index (χ1v) is 8.11. The number of carbonyl (C=O) groups excluding carboxylic acids is 1. The molecule has 7 heteroatoms. The zero-order valence-corrected chi connectivity index (χ0v) is 14.3. The maximum Gasteiger partial charge on any atom is 0.357 e. The fourth-order valence-corrected chi connectivity index (χ4v) is 2.25. The summed E-state index contributed by atoms with van der Waals surface area (Å²) in [6.45, 7) is 2.08. The zero-order valence-electron chi connectivity index (χ0n) is 14.3. The average molecular weight is 350 g/mol. The highest BCUT2D eigenvalue weighted by molar-refractivity contribution is 6.15. The van der Waals surface area contributed by atoms with E-state index in [0.717, 1.165) is 11.3 Å². The van der Waals surface area contributed by atoms with Crippen LogP contribution in [-0.4, -0.2) is 39.4 Å². The molecule has 0 atom stereocenters. The van der Waals surface area contributed by atoms with Crippen LogP contribution in [0.3, 0.4) is 0 Å². The summed E-state index contributed by atoms with van der Waals surface area (Å²) in [7, 11) is 0. The Kier molecular flexibility index (Phi) is 5.72. The third-order valence-electron chi connectivity index (χ3n) is 3.49. The summed E-state index contributed by atoms with van der Waals surface area (Å²) in [4.78, 5) is 12.5. The Bertz CT molecular complexity index is 876. The molecule has 0 N–H and O–H groups in total. The van der Waals surface area contributed by atoms with Crippen LogP contribution in [0, 0.1) is 6.92 Å². The number of esters is 1. The van der Waals surface area contributed by atoms with Crippen LogP contribution in [0.15, 0.2) is 60.7 Å². The van der Waals surface area contributed by atoms with Gasteiger partial charge in [0.15, 0.2) is 11.5 Å². The highest BCUT2D eigenvalue weighted by Crippen LogP contribution is 2.14. The SMILES string of the molecule is Cc1nnnn1/C(=C/c1ccccc1)C(=O)OCCOc1ccccc1. The molecule has 0 aliphatic rings. The fourth-order valence-electron chi connectivity index (χ4n) is 2.25. The highest BCUT2D eigenvalue weighted by atomic mass is 16.6. The van der Waals surface area contributed by atoms with Crippen molar-refractivity contribution in [3.05, 3.63) is 72.1 Å². The number of carbonyl (C=O) groups is 1. The van der Waals surface area contributed by atoms with Crippen molar-refractivity contribution >= 4 is 17.7 Å². The molecule has 132 valence electrons. The van der Waals surface area contributed by atoms with Crippen molar-refractivity contribution in [2.45, 2.75) is 6.92 Å². The summed E-state index contributed by atoms with van der Waals surface area (Å²) in [5.74, 6) is 0.686. The summed E-state index contributed by atoms with van der Waals surface area (Å²) in [6, 6.07) is 18.8. The van der Waals surface area contributed by atoms with Gasteiger partial charge in [-0.1, -0.05) is 48.5 Å². The van der Waals surface area contributed by atoms with Gasteiger partial charge >= 0.3 is 5.97 Å². The van der Waals surface area contributed by atoms with E-state index >= 15 is 0 Å². The molecule has 0 spiro atoms. The number of ether oxygens (including phenoxy) is 2. The third-order valence-corrected chi connectivity index (χ3v) is 3.49. The molecule has 0 amide bonds. The van der Waals surface area contributed by atoms with Gasteiger partial charge < -0.3 is 9.47 Å². The molecule has 0 aliphatic heterocycles. The molecule has 0 saturated carbocycles. The number of hydrogen-bond acceptors (Lipinski definition) is 6. The Morgan fingerprint density at radius 2 is 1.73 bits per heavy atom. The van der Waals surface area contributed by atoms with Crippen molar-refractivity contribution in [3.8, 4) is 5.75 Å². The minimum atomic E-state index is -0.527. The minimum absolute atomic E-state index is 0.112. The second-order valence-corrected chi connectivity index (χ2v) is 5.38. The van der Waals surface area contributed by atoms with Gasteiger partial charge in [-0.3, -0.25) is 0 Å². The zero-order chi connectivity index (χ0) is 18.2. The maximum atomic E-state index is 12.5. The van der Waals surface area contributed by atoms with E-state index in [2.05, 4.69) is 15.5 Å². The van der Waals surface area contributed by atoms with Gasteiger partial charge in [-0.2, -0.15) is 4.68 Å². The number of aromatic nitrogens is 4. The van der Waals surface area contributed by atoms with Crippen LogP contribution >= 0.6 is 0 Å². The molecule has 0 radical (unpaired) electrons. The highest BCUT2D eigenvalue weighted by Gasteiger charge is 2.17. The smallest absolute Gasteiger partial charge is 0.357 e. The van der Waals surface area contributed by atoms with E-state index in [1.54, 1.807) is 13.0 Å². The lowest BCUT2D eigenvalue weighted by atomic mass is 10.2. The summed E-state index contributed by atoms with van der Waals surface area (Å²) in [5.41, 5.74) is 1.08. The van der Waals surface area contributed by atoms with E-state index in [0.29, 0.717) is 5.82 Å². The Hall–Kier alpha value is -3.48. The van der Waals surface area contributed by atoms with E-state index in [1.165, 1.54) is 4.68 Å². The molecular weight excluding hydrogens is 332 g/mol. The number of rotatable bonds is 7. The summed E-state index contributed by atoms with van der Waals surface area (Å²) in [6.07, 6.45) is 1.68. The molecule has 1 heterocycles. The topological polar surface area (TPSA) is 79.1 Å². The van der Waals surface area contributed by atoms with Crippen molar-refractivity contribution in [3.63, 3.8) is 0 Å². The first-order valence-electron chi connectivity index (χ1n) is 8.11. The molecule has 26 heavy (non-hydrogen) atoms. The molecule has 7 nitrogen and oxygen atoms in total. The molecule has 0 bridgehead atoms. The van der Waals surface area contributed by atoms with Crippen LogP contribution in [0.1, 0.15) is 11.4 Å². The summed E-state index contributed by atoms with van der Waals surface area (Å²) >= 11 is 0. The number of para-hydroxylation sites is 1. The normalized spacial score (nSPS) is 11.2. The van der Waals surface area contributed by atoms with Gasteiger partial charge in [0.25, 0.3) is 0 Å². The van der Waals surface area contributed by atoms with Crippen LogP contribution in [0.5, 0.6) is 5.75 Å². The Morgan fingerprint density at radius 1 is 1.04 bits per heavy atom. The minimum Gasteiger partial charge on any atom is -0.490 e. The number of aryl methyl sites for hydroxylation is 1. The Labute approximate surface area is 150 Å². The average Bonchev–Trinajstić information content (AvgIpc) is 3.10. The van der Waals surface area contributed by atoms with E-state index < -0.39 is 5.97 Å². The molecule has 3 aromatic rings. The van der Waals surface area contributed by atoms with E-state index in [-0.39, 0.29) is 18.9 Å². The van der Waals surface area contributed by atoms with E-state index in [1.807, 2.05) is 60.7 Å². The second kappa shape index (κ2) is 8.57. The fraction of sp³-hybridized carbons (Fsp3) is 0.158. The summed E-state index contributed by atoms with van der Waals surface area (Å²) in [5, 5.41) is 11.3. The van der Waals surface area contributed by atoms with Crippen molar-refractivity contribution in [2.75, 3.05) is 13.2 Å². The molecule has 0 aliphatic carbocycles. The predicted molar refractivity (Wildman–Crippen MR) is 96.1 cm³/mol. The van der Waals surface area contributed by atoms with E-state index in [4.69, 9.17) is 9.47 Å². The van der Waals surface area contributed by atoms with Gasteiger partial charge in [0, 0.05) is 0 Å². The molecule has 0 unspecified atom stereocenters. The van der Waals surface area contributed by atoms with Crippen LogP contribution in [0.25, 0.3) is 11.8 Å². The quantitative estimate of drug-likeness (QED) is 0.370. The maximum absolute atomic E-state index is 12.5. The van der Waals surface area contributed by atoms with Crippen LogP contribution < -0.4 is 4.74 Å². The van der Waals surface area contributed by atoms with Crippen molar-refractivity contribution in [2.24, 2.45) is 0 Å². The largest absolute Gasteiger partial charge is 0.490 e. The summed E-state index contributed by atoms with van der Waals surface area (Å²) < 4.78 is 12.2. The van der Waals surface area contributed by atoms with Crippen LogP contribution in [-0.2, 0) is 9.53 Å². The van der Waals surface area contributed by atoms with E-state index in [9.17, 15) is 4.79 Å². The van der Waals surface area contributed by atoms with Crippen molar-refractivity contribution in [1.82, 2.24) is 20.2 Å². The Balaban J connectivity index is 1.68. The van der Waals surface area contributed by atoms with Crippen LogP contribution in [0.2, 0.25) is 0 Å². The van der Waals surface area contributed by atoms with Crippen molar-refractivity contribution < 1.29 is 14.3 Å². The molecule has 0 fully saturated rings. The second-order valence-electron chi connectivity index (χ2n) is 5.38. The van der Waals surface area contributed by atoms with Gasteiger partial charge in [0.1, 0.15) is 19.0 Å². The number of hydrogen-bond donors (Lipinski definition) is 0. The van der Waals surface area contributed by atoms with Gasteiger partial charge in [-0.25, -0.2) is 4.79 Å². The predicted octanol–water partition coefficient (Wildman–Crippen LogP) is 2.60. The first-order chi connectivity index (χ1) is 12.7. The monoisotopic (exact) mass is 350 g/mol. The molecule has 1 aromatic heterocycles. The first kappa shape index (κ1) is 17.3.